The predicted molar refractivity (Wildman–Crippen MR) is 63.3 cm³/mol. The number of carboxylic acid groups (broad SMARTS) is 1. The lowest BCUT2D eigenvalue weighted by atomic mass is 10.1. The second-order valence-electron chi connectivity index (χ2n) is 3.95. The summed E-state index contributed by atoms with van der Waals surface area (Å²) >= 11 is 0. The first-order valence-corrected chi connectivity index (χ1v) is 5.63. The number of aliphatic carboxylic acids is 1. The van der Waals surface area contributed by atoms with Gasteiger partial charge in [0.25, 0.3) is 5.91 Å². The molecule has 0 radical (unpaired) electrons. The molecule has 0 spiro atoms. The average molecular weight is 269 g/mol. The van der Waals surface area contributed by atoms with Crippen LogP contribution >= 0.6 is 0 Å². The number of carboxylic acids is 1. The summed E-state index contributed by atoms with van der Waals surface area (Å²) in [7, 11) is 0. The van der Waals surface area contributed by atoms with Crippen molar-refractivity contribution < 1.29 is 24.0 Å². The molecule has 8 nitrogen and oxygen atoms in total. The Morgan fingerprint density at radius 1 is 1.47 bits per heavy atom. The quantitative estimate of drug-likeness (QED) is 0.643. The number of primary amides is 1. The zero-order chi connectivity index (χ0) is 14.6. The largest absolute Gasteiger partial charge is 0.480 e. The summed E-state index contributed by atoms with van der Waals surface area (Å²) in [4.78, 5) is 33.6. The molecule has 0 saturated carbocycles. The molecule has 1 aromatic heterocycles. The summed E-state index contributed by atoms with van der Waals surface area (Å²) in [6.07, 6.45) is -0.0134. The SMILES string of the molecule is CCc1noc(C)c1C(=O)N[C@H](CC(N)=O)C(=O)O. The summed E-state index contributed by atoms with van der Waals surface area (Å²) < 4.78 is 4.88. The highest BCUT2D eigenvalue weighted by Gasteiger charge is 2.26. The maximum absolute atomic E-state index is 12.0. The van der Waals surface area contributed by atoms with Crippen LogP contribution in [0.3, 0.4) is 0 Å². The highest BCUT2D eigenvalue weighted by atomic mass is 16.5. The predicted octanol–water partition coefficient (Wildman–Crippen LogP) is -0.396. The van der Waals surface area contributed by atoms with E-state index >= 15 is 0 Å². The van der Waals surface area contributed by atoms with Gasteiger partial charge in [-0.25, -0.2) is 4.79 Å². The van der Waals surface area contributed by atoms with E-state index in [9.17, 15) is 14.4 Å². The standard InChI is InChI=1S/C11H15N3O5/c1-3-6-9(5(2)19-14-6)10(16)13-7(11(17)18)4-8(12)15/h7H,3-4H2,1-2H3,(H2,12,15)(H,13,16)(H,17,18)/t7-/m1/s1. The van der Waals surface area contributed by atoms with Crippen LogP contribution in [0.5, 0.6) is 0 Å². The highest BCUT2D eigenvalue weighted by molar-refractivity contribution is 5.99. The van der Waals surface area contributed by atoms with Gasteiger partial charge in [0.15, 0.2) is 0 Å². The van der Waals surface area contributed by atoms with Gasteiger partial charge in [-0.15, -0.1) is 0 Å². The molecule has 2 amide bonds. The van der Waals surface area contributed by atoms with E-state index in [0.717, 1.165) is 0 Å². The zero-order valence-corrected chi connectivity index (χ0v) is 10.6. The van der Waals surface area contributed by atoms with Crippen LogP contribution < -0.4 is 11.1 Å². The molecule has 0 aromatic carbocycles. The minimum atomic E-state index is -1.37. The van der Waals surface area contributed by atoms with E-state index < -0.39 is 30.2 Å². The van der Waals surface area contributed by atoms with Crippen molar-refractivity contribution >= 4 is 17.8 Å². The van der Waals surface area contributed by atoms with Crippen molar-refractivity contribution in [2.45, 2.75) is 32.7 Å². The Morgan fingerprint density at radius 3 is 2.58 bits per heavy atom. The van der Waals surface area contributed by atoms with Crippen LogP contribution in [0.4, 0.5) is 0 Å². The minimum absolute atomic E-state index is 0.193. The van der Waals surface area contributed by atoms with E-state index in [1.807, 2.05) is 0 Å². The molecule has 0 unspecified atom stereocenters. The van der Waals surface area contributed by atoms with Crippen LogP contribution in [-0.4, -0.2) is 34.1 Å². The van der Waals surface area contributed by atoms with Crippen molar-refractivity contribution in [2.24, 2.45) is 5.73 Å². The highest BCUT2D eigenvalue weighted by Crippen LogP contribution is 2.14. The number of nitrogens with two attached hydrogens (primary N) is 1. The summed E-state index contributed by atoms with van der Waals surface area (Å²) in [5.74, 6) is -2.51. The lowest BCUT2D eigenvalue weighted by Gasteiger charge is -2.12. The number of aryl methyl sites for hydroxylation is 2. The number of amides is 2. The van der Waals surface area contributed by atoms with E-state index in [1.54, 1.807) is 13.8 Å². The van der Waals surface area contributed by atoms with Crippen molar-refractivity contribution in [3.05, 3.63) is 17.0 Å². The van der Waals surface area contributed by atoms with Gasteiger partial charge in [-0.2, -0.15) is 0 Å². The second kappa shape index (κ2) is 5.98. The first kappa shape index (κ1) is 14.7. The third kappa shape index (κ3) is 3.54. The zero-order valence-electron chi connectivity index (χ0n) is 10.6. The first-order chi connectivity index (χ1) is 8.86. The van der Waals surface area contributed by atoms with Crippen LogP contribution in [0, 0.1) is 6.92 Å². The van der Waals surface area contributed by atoms with Crippen molar-refractivity contribution in [1.29, 1.82) is 0 Å². The van der Waals surface area contributed by atoms with Gasteiger partial charge in [-0.1, -0.05) is 12.1 Å². The van der Waals surface area contributed by atoms with Gasteiger partial charge in [0.1, 0.15) is 17.4 Å². The molecule has 8 heteroatoms. The lowest BCUT2D eigenvalue weighted by Crippen LogP contribution is -2.43. The van der Waals surface area contributed by atoms with E-state index in [4.69, 9.17) is 15.4 Å². The van der Waals surface area contributed by atoms with Gasteiger partial charge >= 0.3 is 5.97 Å². The molecule has 1 rings (SSSR count). The minimum Gasteiger partial charge on any atom is -0.480 e. The first-order valence-electron chi connectivity index (χ1n) is 5.63. The number of nitrogens with zero attached hydrogens (tertiary/aromatic N) is 1. The Morgan fingerprint density at radius 2 is 2.11 bits per heavy atom. The summed E-state index contributed by atoms with van der Waals surface area (Å²) in [5, 5.41) is 14.8. The number of carbonyl (C=O) groups is 3. The monoisotopic (exact) mass is 269 g/mol. The molecular weight excluding hydrogens is 254 g/mol. The summed E-state index contributed by atoms with van der Waals surface area (Å²) in [6, 6.07) is -1.37. The molecule has 1 aromatic rings. The molecule has 0 aliphatic carbocycles. The molecule has 0 saturated heterocycles. The number of hydrogen-bond donors (Lipinski definition) is 3. The summed E-state index contributed by atoms with van der Waals surface area (Å²) in [5.41, 5.74) is 5.55. The van der Waals surface area contributed by atoms with Crippen LogP contribution in [0.25, 0.3) is 0 Å². The Bertz CT molecular complexity index is 508. The van der Waals surface area contributed by atoms with Crippen molar-refractivity contribution in [2.75, 3.05) is 0 Å². The smallest absolute Gasteiger partial charge is 0.326 e. The number of carbonyl (C=O) groups excluding carboxylic acids is 2. The Labute approximate surface area is 108 Å². The van der Waals surface area contributed by atoms with Gasteiger partial charge in [0.2, 0.25) is 5.91 Å². The van der Waals surface area contributed by atoms with Gasteiger partial charge in [0, 0.05) is 0 Å². The lowest BCUT2D eigenvalue weighted by molar-refractivity contribution is -0.140. The number of rotatable bonds is 6. The number of aromatic nitrogens is 1. The fourth-order valence-electron chi connectivity index (χ4n) is 1.58. The molecule has 4 N–H and O–H groups in total. The van der Waals surface area contributed by atoms with E-state index in [-0.39, 0.29) is 11.3 Å². The Hall–Kier alpha value is -2.38. The second-order valence-corrected chi connectivity index (χ2v) is 3.95. The Kier molecular flexibility index (Phi) is 4.62. The third-order valence-corrected chi connectivity index (χ3v) is 2.50. The normalized spacial score (nSPS) is 11.9. The van der Waals surface area contributed by atoms with E-state index in [0.29, 0.717) is 12.1 Å². The average Bonchev–Trinajstić information content (AvgIpc) is 2.68. The molecule has 0 bridgehead atoms. The van der Waals surface area contributed by atoms with Gasteiger partial charge < -0.3 is 20.7 Å². The van der Waals surface area contributed by atoms with E-state index in [1.165, 1.54) is 0 Å². The van der Waals surface area contributed by atoms with Gasteiger partial charge in [-0.05, 0) is 13.3 Å². The molecule has 1 heterocycles. The Balaban J connectivity index is 2.90. The molecule has 104 valence electrons. The van der Waals surface area contributed by atoms with Crippen LogP contribution in [0.15, 0.2) is 4.52 Å². The van der Waals surface area contributed by atoms with Crippen LogP contribution in [0.1, 0.15) is 35.2 Å². The topological polar surface area (TPSA) is 136 Å². The molecule has 0 aliphatic rings. The third-order valence-electron chi connectivity index (χ3n) is 2.50. The number of nitrogens with one attached hydrogen (secondary N) is 1. The molecule has 0 fully saturated rings. The van der Waals surface area contributed by atoms with Crippen LogP contribution in [0.2, 0.25) is 0 Å². The maximum atomic E-state index is 12.0. The fraction of sp³-hybridized carbons (Fsp3) is 0.455. The van der Waals surface area contributed by atoms with Crippen LogP contribution in [-0.2, 0) is 16.0 Å². The molecule has 1 atom stereocenters. The van der Waals surface area contributed by atoms with E-state index in [2.05, 4.69) is 10.5 Å². The molecule has 0 aliphatic heterocycles. The van der Waals surface area contributed by atoms with Gasteiger partial charge in [0.05, 0.1) is 12.1 Å². The van der Waals surface area contributed by atoms with Crippen molar-refractivity contribution in [1.82, 2.24) is 10.5 Å². The number of hydrogen-bond acceptors (Lipinski definition) is 5. The fourth-order valence-corrected chi connectivity index (χ4v) is 1.58. The summed E-state index contributed by atoms with van der Waals surface area (Å²) in [6.45, 7) is 3.33. The van der Waals surface area contributed by atoms with Gasteiger partial charge in [-0.3, -0.25) is 9.59 Å². The molecule has 19 heavy (non-hydrogen) atoms. The maximum Gasteiger partial charge on any atom is 0.326 e. The van der Waals surface area contributed by atoms with Crippen molar-refractivity contribution in [3.63, 3.8) is 0 Å². The molecular formula is C11H15N3O5. The van der Waals surface area contributed by atoms with Crippen molar-refractivity contribution in [3.8, 4) is 0 Å².